The Morgan fingerprint density at radius 3 is 2.76 bits per heavy atom. The van der Waals surface area contributed by atoms with E-state index in [1.54, 1.807) is 29.2 Å². The van der Waals surface area contributed by atoms with Crippen LogP contribution >= 0.6 is 22.9 Å². The van der Waals surface area contributed by atoms with Crippen molar-refractivity contribution in [3.63, 3.8) is 0 Å². The molecule has 2 aromatic heterocycles. The molecule has 10 heteroatoms. The summed E-state index contributed by atoms with van der Waals surface area (Å²) >= 11 is 7.62. The van der Waals surface area contributed by atoms with Crippen molar-refractivity contribution in [3.8, 4) is 11.1 Å². The number of hydrogen-bond donors (Lipinski definition) is 1. The van der Waals surface area contributed by atoms with Gasteiger partial charge in [0.15, 0.2) is 5.69 Å². The number of thiophene rings is 1. The first-order chi connectivity index (χ1) is 15.6. The van der Waals surface area contributed by atoms with Crippen LogP contribution in [0.3, 0.4) is 0 Å². The predicted molar refractivity (Wildman–Crippen MR) is 121 cm³/mol. The van der Waals surface area contributed by atoms with Crippen LogP contribution < -0.4 is 0 Å². The average molecular weight is 496 g/mol. The monoisotopic (exact) mass is 495 g/mol. The van der Waals surface area contributed by atoms with E-state index in [0.717, 1.165) is 15.1 Å². The highest BCUT2D eigenvalue weighted by Crippen LogP contribution is 2.45. The number of aromatic nitrogens is 2. The molecule has 174 valence electrons. The third-order valence-corrected chi connectivity index (χ3v) is 6.78. The van der Waals surface area contributed by atoms with E-state index < -0.39 is 18.0 Å². The number of hydrogen-bond acceptors (Lipinski definition) is 4. The normalized spacial score (nSPS) is 17.0. The highest BCUT2D eigenvalue weighted by atomic mass is 35.5. The fraction of sp³-hybridized carbons (Fsp3) is 0.304. The van der Waals surface area contributed by atoms with Gasteiger partial charge < -0.3 is 10.0 Å². The van der Waals surface area contributed by atoms with Gasteiger partial charge in [-0.2, -0.15) is 18.3 Å². The third kappa shape index (κ3) is 4.71. The minimum Gasteiger partial charge on any atom is -0.391 e. The van der Waals surface area contributed by atoms with Crippen LogP contribution in [0, 0.1) is 0 Å². The molecule has 0 radical (unpaired) electrons. The van der Waals surface area contributed by atoms with Crippen molar-refractivity contribution in [1.82, 2.24) is 14.7 Å². The van der Waals surface area contributed by atoms with Crippen LogP contribution in [-0.4, -0.2) is 38.3 Å². The highest BCUT2D eigenvalue weighted by molar-refractivity contribution is 7.16. The maximum atomic E-state index is 13.9. The summed E-state index contributed by atoms with van der Waals surface area (Å²) in [7, 11) is 0. The fourth-order valence-electron chi connectivity index (χ4n) is 4.19. The van der Waals surface area contributed by atoms with E-state index >= 15 is 0 Å². The smallest absolute Gasteiger partial charge is 0.391 e. The number of alkyl halides is 3. The van der Waals surface area contributed by atoms with Gasteiger partial charge in [-0.05, 0) is 35.8 Å². The summed E-state index contributed by atoms with van der Waals surface area (Å²) in [4.78, 5) is 14.9. The molecular formula is C23H21ClF3N3O2S. The van der Waals surface area contributed by atoms with Crippen LogP contribution in [-0.2, 0) is 24.1 Å². The van der Waals surface area contributed by atoms with Gasteiger partial charge in [-0.3, -0.25) is 9.48 Å². The zero-order valence-electron chi connectivity index (χ0n) is 17.6. The average Bonchev–Trinajstić information content (AvgIpc) is 3.34. The molecule has 0 fully saturated rings. The van der Waals surface area contributed by atoms with Crippen molar-refractivity contribution in [1.29, 1.82) is 0 Å². The molecule has 3 heterocycles. The molecule has 1 aromatic carbocycles. The van der Waals surface area contributed by atoms with Crippen molar-refractivity contribution in [2.45, 2.75) is 38.2 Å². The van der Waals surface area contributed by atoms with E-state index in [1.165, 1.54) is 30.5 Å². The third-order valence-electron chi connectivity index (χ3n) is 5.52. The number of nitrogens with zero attached hydrogens (tertiary/aromatic N) is 3. The van der Waals surface area contributed by atoms with Crippen LogP contribution in [0.15, 0.2) is 49.2 Å². The number of aliphatic hydroxyl groups excluding tert-OH is 1. The predicted octanol–water partition coefficient (Wildman–Crippen LogP) is 5.32. The lowest BCUT2D eigenvalue weighted by Gasteiger charge is -2.33. The molecule has 4 rings (SSSR count). The molecule has 0 bridgehead atoms. The molecule has 1 aliphatic heterocycles. The first-order valence-electron chi connectivity index (χ1n) is 10.2. The fourth-order valence-corrected chi connectivity index (χ4v) is 5.54. The van der Waals surface area contributed by atoms with E-state index in [-0.39, 0.29) is 30.5 Å². The van der Waals surface area contributed by atoms with Gasteiger partial charge in [-0.25, -0.2) is 0 Å². The summed E-state index contributed by atoms with van der Waals surface area (Å²) in [6, 6.07) is 8.64. The maximum Gasteiger partial charge on any atom is 0.435 e. The SMILES string of the molecule is C=CC(=O)N1Cc2sc(Cl)cc2[C@@H](c2ccccc2-c2cn(C[C@H](C)O)nc2C(F)(F)F)C1. The number of rotatable bonds is 5. The lowest BCUT2D eigenvalue weighted by atomic mass is 9.84. The van der Waals surface area contributed by atoms with E-state index in [9.17, 15) is 23.1 Å². The van der Waals surface area contributed by atoms with Crippen molar-refractivity contribution < 1.29 is 23.1 Å². The van der Waals surface area contributed by atoms with E-state index in [1.807, 2.05) is 6.07 Å². The van der Waals surface area contributed by atoms with Gasteiger partial charge in [0.25, 0.3) is 0 Å². The molecule has 5 nitrogen and oxygen atoms in total. The van der Waals surface area contributed by atoms with E-state index in [2.05, 4.69) is 11.7 Å². The quantitative estimate of drug-likeness (QED) is 0.487. The van der Waals surface area contributed by atoms with Gasteiger partial charge in [-0.1, -0.05) is 42.4 Å². The minimum atomic E-state index is -4.68. The Hall–Kier alpha value is -2.62. The van der Waals surface area contributed by atoms with Crippen LogP contribution in [0.5, 0.6) is 0 Å². The van der Waals surface area contributed by atoms with Gasteiger partial charge in [-0.15, -0.1) is 11.3 Å². The molecule has 0 unspecified atom stereocenters. The highest BCUT2D eigenvalue weighted by Gasteiger charge is 2.39. The number of carbonyl (C=O) groups is 1. The molecule has 1 N–H and O–H groups in total. The van der Waals surface area contributed by atoms with Crippen molar-refractivity contribution in [3.05, 3.63) is 75.2 Å². The number of benzene rings is 1. The van der Waals surface area contributed by atoms with Crippen molar-refractivity contribution in [2.24, 2.45) is 0 Å². The van der Waals surface area contributed by atoms with Gasteiger partial charge in [0.05, 0.1) is 23.5 Å². The Bertz CT molecular complexity index is 1200. The molecule has 1 amide bonds. The van der Waals surface area contributed by atoms with Gasteiger partial charge in [0.2, 0.25) is 5.91 Å². The van der Waals surface area contributed by atoms with Gasteiger partial charge in [0, 0.05) is 29.1 Å². The zero-order valence-corrected chi connectivity index (χ0v) is 19.2. The summed E-state index contributed by atoms with van der Waals surface area (Å²) in [5, 5.41) is 13.4. The summed E-state index contributed by atoms with van der Waals surface area (Å²) in [5.41, 5.74) is 0.808. The summed E-state index contributed by atoms with van der Waals surface area (Å²) in [6.45, 7) is 5.62. The lowest BCUT2D eigenvalue weighted by molar-refractivity contribution is -0.141. The second-order valence-corrected chi connectivity index (χ2v) is 9.72. The second-order valence-electron chi connectivity index (χ2n) is 7.95. The molecule has 1 aliphatic rings. The Morgan fingerprint density at radius 1 is 1.36 bits per heavy atom. The zero-order chi connectivity index (χ0) is 23.9. The number of fused-ring (bicyclic) bond motifs is 1. The Balaban J connectivity index is 1.87. The van der Waals surface area contributed by atoms with Crippen molar-refractivity contribution >= 4 is 28.8 Å². The Labute approximate surface area is 197 Å². The van der Waals surface area contributed by atoms with E-state index in [4.69, 9.17) is 11.6 Å². The van der Waals surface area contributed by atoms with E-state index in [0.29, 0.717) is 22.0 Å². The molecule has 2 atom stereocenters. The Morgan fingerprint density at radius 2 is 2.09 bits per heavy atom. The van der Waals surface area contributed by atoms with Crippen LogP contribution in [0.4, 0.5) is 13.2 Å². The molecule has 33 heavy (non-hydrogen) atoms. The molecule has 3 aromatic rings. The second kappa shape index (κ2) is 8.96. The van der Waals surface area contributed by atoms with Crippen LogP contribution in [0.1, 0.15) is 34.5 Å². The molecule has 0 saturated carbocycles. The van der Waals surface area contributed by atoms with Gasteiger partial charge in [0.1, 0.15) is 0 Å². The number of carbonyl (C=O) groups excluding carboxylic acids is 1. The first kappa shape index (κ1) is 23.5. The molecular weight excluding hydrogens is 475 g/mol. The molecule has 0 aliphatic carbocycles. The first-order valence-corrected chi connectivity index (χ1v) is 11.4. The summed E-state index contributed by atoms with van der Waals surface area (Å²) in [5.74, 6) is -0.632. The summed E-state index contributed by atoms with van der Waals surface area (Å²) in [6.07, 6.45) is -3.00. The topological polar surface area (TPSA) is 58.4 Å². The largest absolute Gasteiger partial charge is 0.435 e. The van der Waals surface area contributed by atoms with Crippen molar-refractivity contribution in [2.75, 3.05) is 6.54 Å². The maximum absolute atomic E-state index is 13.9. The standard InChI is InChI=1S/C23H21ClF3N3O2S/c1-3-21(32)29-10-17(16-8-20(24)33-19(16)12-29)14-6-4-5-7-15(14)18-11-30(9-13(2)31)28-22(18)23(25,26)27/h3-8,11,13,17,31H,1,9-10,12H2,2H3/t13-,17+/m0/s1. The minimum absolute atomic E-state index is 0.0689. The Kier molecular flexibility index (Phi) is 6.39. The van der Waals surface area contributed by atoms with Gasteiger partial charge >= 0.3 is 6.18 Å². The number of aliphatic hydroxyl groups is 1. The lowest BCUT2D eigenvalue weighted by Crippen LogP contribution is -2.37. The molecule has 0 spiro atoms. The van der Waals surface area contributed by atoms with Crippen LogP contribution in [0.2, 0.25) is 4.34 Å². The molecule has 0 saturated heterocycles. The van der Waals surface area contributed by atoms with Crippen LogP contribution in [0.25, 0.3) is 11.1 Å². The number of amides is 1. The summed E-state index contributed by atoms with van der Waals surface area (Å²) < 4.78 is 43.4. The number of halogens is 4.